The van der Waals surface area contributed by atoms with Gasteiger partial charge in [-0.25, -0.2) is 4.98 Å². The van der Waals surface area contributed by atoms with Crippen molar-refractivity contribution in [1.82, 2.24) is 4.98 Å². The van der Waals surface area contributed by atoms with E-state index in [0.29, 0.717) is 24.7 Å². The maximum absolute atomic E-state index is 12.8. The van der Waals surface area contributed by atoms with Gasteiger partial charge in [-0.05, 0) is 36.6 Å². The zero-order chi connectivity index (χ0) is 19.1. The first kappa shape index (κ1) is 19.2. The number of hydrogen-bond acceptors (Lipinski definition) is 5. The van der Waals surface area contributed by atoms with E-state index >= 15 is 0 Å². The molecule has 0 atom stereocenters. The molecule has 1 aliphatic heterocycles. The topological polar surface area (TPSA) is 66.5 Å². The Morgan fingerprint density at radius 3 is 2.78 bits per heavy atom. The number of hydrogen-bond donors (Lipinski definition) is 2. The van der Waals surface area contributed by atoms with E-state index in [2.05, 4.69) is 34.4 Å². The first-order valence-corrected chi connectivity index (χ1v) is 9.56. The third-order valence-corrected chi connectivity index (χ3v) is 4.55. The van der Waals surface area contributed by atoms with Crippen LogP contribution in [0.1, 0.15) is 30.6 Å². The Labute approximate surface area is 160 Å². The van der Waals surface area contributed by atoms with E-state index in [1.807, 2.05) is 24.3 Å². The number of carbonyl (C=O) groups is 1. The quantitative estimate of drug-likeness (QED) is 0.781. The maximum atomic E-state index is 12.8. The molecule has 1 aromatic heterocycles. The zero-order valence-electron chi connectivity index (χ0n) is 16.1. The Morgan fingerprint density at radius 2 is 2.00 bits per heavy atom. The second-order valence-corrected chi connectivity index (χ2v) is 7.11. The van der Waals surface area contributed by atoms with Crippen molar-refractivity contribution in [2.45, 2.75) is 20.3 Å². The smallest absolute Gasteiger partial charge is 0.255 e. The van der Waals surface area contributed by atoms with Crippen LogP contribution in [0.4, 0.5) is 17.2 Å². The molecule has 1 saturated heterocycles. The van der Waals surface area contributed by atoms with E-state index in [4.69, 9.17) is 4.74 Å². The van der Waals surface area contributed by atoms with Gasteiger partial charge < -0.3 is 20.3 Å². The first-order valence-electron chi connectivity index (χ1n) is 9.56. The number of nitrogens with one attached hydrogen (secondary N) is 2. The average Bonchev–Trinajstić information content (AvgIpc) is 2.69. The Morgan fingerprint density at radius 1 is 1.22 bits per heavy atom. The highest BCUT2D eigenvalue weighted by Gasteiger charge is 2.16. The van der Waals surface area contributed by atoms with Gasteiger partial charge in [0.05, 0.1) is 24.6 Å². The number of amides is 1. The number of morpholine rings is 1. The second-order valence-electron chi connectivity index (χ2n) is 7.11. The average molecular weight is 368 g/mol. The maximum Gasteiger partial charge on any atom is 0.255 e. The number of rotatable bonds is 7. The Hall–Kier alpha value is -2.60. The first-order chi connectivity index (χ1) is 13.1. The van der Waals surface area contributed by atoms with E-state index in [9.17, 15) is 4.79 Å². The molecule has 0 spiro atoms. The number of carbonyl (C=O) groups excluding carboxylic acids is 1. The molecule has 0 aliphatic carbocycles. The minimum Gasteiger partial charge on any atom is -0.378 e. The molecule has 1 fully saturated rings. The van der Waals surface area contributed by atoms with Crippen molar-refractivity contribution >= 4 is 23.1 Å². The lowest BCUT2D eigenvalue weighted by atomic mass is 10.1. The summed E-state index contributed by atoms with van der Waals surface area (Å²) in [6.45, 7) is 8.28. The number of aromatic nitrogens is 1. The van der Waals surface area contributed by atoms with Crippen molar-refractivity contribution in [2.75, 3.05) is 48.4 Å². The van der Waals surface area contributed by atoms with E-state index in [0.717, 1.165) is 43.2 Å². The van der Waals surface area contributed by atoms with Crippen molar-refractivity contribution in [3.05, 3.63) is 48.2 Å². The highest BCUT2D eigenvalue weighted by atomic mass is 16.5. The molecule has 0 bridgehead atoms. The molecule has 1 aliphatic rings. The van der Waals surface area contributed by atoms with Gasteiger partial charge in [-0.15, -0.1) is 0 Å². The molecule has 0 unspecified atom stereocenters. The van der Waals surface area contributed by atoms with Crippen LogP contribution in [0.3, 0.4) is 0 Å². The number of anilines is 3. The van der Waals surface area contributed by atoms with Crippen LogP contribution in [0.25, 0.3) is 0 Å². The molecule has 2 N–H and O–H groups in total. The van der Waals surface area contributed by atoms with Gasteiger partial charge in [-0.3, -0.25) is 4.79 Å². The van der Waals surface area contributed by atoms with Gasteiger partial charge >= 0.3 is 0 Å². The molecule has 1 aromatic carbocycles. The Bertz CT molecular complexity index is 757. The molecule has 1 amide bonds. The lowest BCUT2D eigenvalue weighted by Gasteiger charge is -2.30. The van der Waals surface area contributed by atoms with Crippen molar-refractivity contribution in [1.29, 1.82) is 0 Å². The molecule has 27 heavy (non-hydrogen) atoms. The SMILES string of the molecule is CC(C)CCNc1cc(C(=O)Nc2ccccc2N2CCOCC2)ccn1. The molecule has 0 saturated carbocycles. The Kier molecular flexibility index (Phi) is 6.65. The Balaban J connectivity index is 1.69. The van der Waals surface area contributed by atoms with Gasteiger partial charge in [0, 0.05) is 31.4 Å². The fourth-order valence-corrected chi connectivity index (χ4v) is 3.01. The van der Waals surface area contributed by atoms with Crippen LogP contribution in [0, 0.1) is 5.92 Å². The molecular formula is C21H28N4O2. The van der Waals surface area contributed by atoms with Gasteiger partial charge in [-0.1, -0.05) is 26.0 Å². The second kappa shape index (κ2) is 9.37. The van der Waals surface area contributed by atoms with Crippen LogP contribution >= 0.6 is 0 Å². The minimum atomic E-state index is -0.134. The van der Waals surface area contributed by atoms with Gasteiger partial charge in [0.2, 0.25) is 0 Å². The predicted octanol–water partition coefficient (Wildman–Crippen LogP) is 3.63. The summed E-state index contributed by atoms with van der Waals surface area (Å²) in [7, 11) is 0. The molecule has 2 aromatic rings. The third-order valence-electron chi connectivity index (χ3n) is 4.55. The van der Waals surface area contributed by atoms with Gasteiger partial charge in [0.15, 0.2) is 0 Å². The molecule has 6 nitrogen and oxygen atoms in total. The van der Waals surface area contributed by atoms with E-state index in [1.54, 1.807) is 18.3 Å². The normalized spacial score (nSPS) is 14.3. The summed E-state index contributed by atoms with van der Waals surface area (Å²) in [6.07, 6.45) is 2.73. The van der Waals surface area contributed by atoms with Crippen molar-refractivity contribution < 1.29 is 9.53 Å². The standard InChI is InChI=1S/C21H28N4O2/c1-16(2)7-9-22-20-15-17(8-10-23-20)21(26)24-18-5-3-4-6-19(18)25-11-13-27-14-12-25/h3-6,8,10,15-16H,7,9,11-14H2,1-2H3,(H,22,23)(H,24,26). The largest absolute Gasteiger partial charge is 0.378 e. The van der Waals surface area contributed by atoms with Crippen molar-refractivity contribution in [3.8, 4) is 0 Å². The fraction of sp³-hybridized carbons (Fsp3) is 0.429. The molecule has 144 valence electrons. The fourth-order valence-electron chi connectivity index (χ4n) is 3.01. The molecule has 0 radical (unpaired) electrons. The number of para-hydroxylation sites is 2. The van der Waals surface area contributed by atoms with Gasteiger partial charge in [0.1, 0.15) is 5.82 Å². The van der Waals surface area contributed by atoms with E-state index in [-0.39, 0.29) is 5.91 Å². The number of benzene rings is 1. The number of pyridine rings is 1. The van der Waals surface area contributed by atoms with Gasteiger partial charge in [-0.2, -0.15) is 0 Å². The van der Waals surface area contributed by atoms with E-state index < -0.39 is 0 Å². The minimum absolute atomic E-state index is 0.134. The highest BCUT2D eigenvalue weighted by molar-refractivity contribution is 6.06. The summed E-state index contributed by atoms with van der Waals surface area (Å²) in [5, 5.41) is 6.33. The van der Waals surface area contributed by atoms with Crippen LogP contribution in [0.15, 0.2) is 42.6 Å². The van der Waals surface area contributed by atoms with Crippen LogP contribution < -0.4 is 15.5 Å². The summed E-state index contributed by atoms with van der Waals surface area (Å²) < 4.78 is 5.43. The van der Waals surface area contributed by atoms with Crippen LogP contribution in [-0.2, 0) is 4.74 Å². The summed E-state index contributed by atoms with van der Waals surface area (Å²) in [4.78, 5) is 19.3. The van der Waals surface area contributed by atoms with Crippen molar-refractivity contribution in [3.63, 3.8) is 0 Å². The molecule has 3 rings (SSSR count). The lowest BCUT2D eigenvalue weighted by molar-refractivity contribution is 0.102. The molecular weight excluding hydrogens is 340 g/mol. The summed E-state index contributed by atoms with van der Waals surface area (Å²) >= 11 is 0. The number of nitrogens with zero attached hydrogens (tertiary/aromatic N) is 2. The van der Waals surface area contributed by atoms with Crippen molar-refractivity contribution in [2.24, 2.45) is 5.92 Å². The van der Waals surface area contributed by atoms with Crippen LogP contribution in [0.5, 0.6) is 0 Å². The summed E-state index contributed by atoms with van der Waals surface area (Å²) in [5.41, 5.74) is 2.43. The molecule has 6 heteroatoms. The predicted molar refractivity (Wildman–Crippen MR) is 110 cm³/mol. The van der Waals surface area contributed by atoms with E-state index in [1.165, 1.54) is 0 Å². The van der Waals surface area contributed by atoms with Crippen LogP contribution in [0.2, 0.25) is 0 Å². The monoisotopic (exact) mass is 368 g/mol. The summed E-state index contributed by atoms with van der Waals surface area (Å²) in [5.74, 6) is 1.22. The number of ether oxygens (including phenoxy) is 1. The lowest BCUT2D eigenvalue weighted by Crippen LogP contribution is -2.36. The zero-order valence-corrected chi connectivity index (χ0v) is 16.1. The summed E-state index contributed by atoms with van der Waals surface area (Å²) in [6, 6.07) is 11.4. The van der Waals surface area contributed by atoms with Crippen LogP contribution in [-0.4, -0.2) is 43.7 Å². The third kappa shape index (κ3) is 5.44. The molecule has 2 heterocycles. The van der Waals surface area contributed by atoms with Gasteiger partial charge in [0.25, 0.3) is 5.91 Å². The highest BCUT2D eigenvalue weighted by Crippen LogP contribution is 2.27.